The maximum absolute atomic E-state index is 12.9. The van der Waals surface area contributed by atoms with Gasteiger partial charge in [0.25, 0.3) is 0 Å². The van der Waals surface area contributed by atoms with Crippen molar-refractivity contribution in [1.82, 2.24) is 15.2 Å². The number of aromatic amines is 1. The lowest BCUT2D eigenvalue weighted by Gasteiger charge is -2.34. The van der Waals surface area contributed by atoms with Gasteiger partial charge in [-0.2, -0.15) is 13.2 Å². The molecular formula is C24H34F3N3O3S. The number of carbonyl (C=O) groups excluding carboxylic acids is 1. The molecular weight excluding hydrogens is 467 g/mol. The highest BCUT2D eigenvalue weighted by atomic mass is 32.1. The van der Waals surface area contributed by atoms with Gasteiger partial charge in [-0.15, -0.1) is 0 Å². The second kappa shape index (κ2) is 12.6. The first-order valence-electron chi connectivity index (χ1n) is 12.2. The second-order valence-corrected chi connectivity index (χ2v) is 10.0. The number of phenols is 1. The molecule has 1 fully saturated rings. The molecule has 0 spiro atoms. The summed E-state index contributed by atoms with van der Waals surface area (Å²) < 4.78 is 37.6. The van der Waals surface area contributed by atoms with Gasteiger partial charge in [0.2, 0.25) is 5.91 Å². The number of unbranched alkanes of at least 4 members (excludes halogenated alkanes) is 2. The number of benzene rings is 1. The van der Waals surface area contributed by atoms with Gasteiger partial charge in [0.1, 0.15) is 11.3 Å². The largest absolute Gasteiger partial charge is 0.506 e. The Bertz CT molecular complexity index is 983. The molecule has 0 radical (unpaired) electrons. The number of nitrogens with one attached hydrogen (secondary N) is 2. The zero-order chi connectivity index (χ0) is 24.6. The number of aromatic hydroxyl groups is 1. The zero-order valence-electron chi connectivity index (χ0n) is 19.4. The fraction of sp³-hybridized carbons (Fsp3) is 0.667. The van der Waals surface area contributed by atoms with Crippen molar-refractivity contribution in [2.45, 2.75) is 82.8 Å². The Morgan fingerprint density at radius 2 is 1.91 bits per heavy atom. The number of alkyl halides is 3. The SMILES string of the molecule is O=C(CCNCCC(F)(F)F)N(CCCCCc1ccc(O)c2[nH]c(=O)sc12)C1CCCCC1. The normalized spacial score (nSPS) is 15.1. The number of phenolic OH excluding ortho intramolecular Hbond substituents is 1. The third-order valence-corrected chi connectivity index (χ3v) is 7.38. The molecule has 1 aliphatic rings. The Labute approximate surface area is 201 Å². The van der Waals surface area contributed by atoms with Crippen LogP contribution < -0.4 is 10.2 Å². The predicted octanol–water partition coefficient (Wildman–Crippen LogP) is 5.10. The number of thiazole rings is 1. The number of hydrogen-bond acceptors (Lipinski definition) is 5. The number of H-pyrrole nitrogens is 1. The third-order valence-electron chi connectivity index (χ3n) is 6.42. The highest BCUT2D eigenvalue weighted by molar-refractivity contribution is 7.16. The predicted molar refractivity (Wildman–Crippen MR) is 128 cm³/mol. The van der Waals surface area contributed by atoms with Gasteiger partial charge in [-0.3, -0.25) is 9.59 Å². The average Bonchev–Trinajstić information content (AvgIpc) is 3.19. The van der Waals surface area contributed by atoms with Gasteiger partial charge in [0.05, 0.1) is 11.1 Å². The number of aromatic nitrogens is 1. The van der Waals surface area contributed by atoms with Crippen LogP contribution >= 0.6 is 11.3 Å². The van der Waals surface area contributed by atoms with Crippen LogP contribution in [0.25, 0.3) is 10.2 Å². The van der Waals surface area contributed by atoms with E-state index in [-0.39, 0.29) is 42.1 Å². The number of nitrogens with zero attached hydrogens (tertiary/aromatic N) is 1. The molecule has 1 aliphatic carbocycles. The summed E-state index contributed by atoms with van der Waals surface area (Å²) in [6.07, 6.45) is 3.98. The van der Waals surface area contributed by atoms with Crippen LogP contribution in [-0.4, -0.2) is 52.8 Å². The van der Waals surface area contributed by atoms with Crippen molar-refractivity contribution in [3.05, 3.63) is 27.4 Å². The first-order chi connectivity index (χ1) is 16.2. The van der Waals surface area contributed by atoms with Gasteiger partial charge in [0.15, 0.2) is 0 Å². The lowest BCUT2D eigenvalue weighted by atomic mass is 9.93. The molecule has 0 aliphatic heterocycles. The molecule has 1 aromatic heterocycles. The molecule has 1 aromatic carbocycles. The van der Waals surface area contributed by atoms with E-state index in [0.717, 1.165) is 73.0 Å². The summed E-state index contributed by atoms with van der Waals surface area (Å²) in [7, 11) is 0. The molecule has 1 amide bonds. The van der Waals surface area contributed by atoms with Gasteiger partial charge in [0, 0.05) is 32.1 Å². The molecule has 0 bridgehead atoms. The highest BCUT2D eigenvalue weighted by Crippen LogP contribution is 2.29. The number of fused-ring (bicyclic) bond motifs is 1. The smallest absolute Gasteiger partial charge is 0.390 e. The Kier molecular flexibility index (Phi) is 9.82. The third kappa shape index (κ3) is 8.01. The van der Waals surface area contributed by atoms with E-state index in [1.54, 1.807) is 6.07 Å². The number of amides is 1. The molecule has 10 heteroatoms. The van der Waals surface area contributed by atoms with Gasteiger partial charge < -0.3 is 20.3 Å². The summed E-state index contributed by atoms with van der Waals surface area (Å²) in [5, 5.41) is 12.7. The summed E-state index contributed by atoms with van der Waals surface area (Å²) in [6, 6.07) is 3.68. The summed E-state index contributed by atoms with van der Waals surface area (Å²) in [5.41, 5.74) is 1.52. The molecule has 3 N–H and O–H groups in total. The lowest BCUT2D eigenvalue weighted by Crippen LogP contribution is -2.43. The molecule has 0 saturated heterocycles. The summed E-state index contributed by atoms with van der Waals surface area (Å²) >= 11 is 1.10. The first-order valence-corrected chi connectivity index (χ1v) is 13.0. The summed E-state index contributed by atoms with van der Waals surface area (Å²) in [4.78, 5) is 29.0. The van der Waals surface area contributed by atoms with Gasteiger partial charge in [-0.05, 0) is 43.7 Å². The van der Waals surface area contributed by atoms with Crippen LogP contribution in [0.4, 0.5) is 13.2 Å². The van der Waals surface area contributed by atoms with E-state index in [2.05, 4.69) is 10.3 Å². The molecule has 34 heavy (non-hydrogen) atoms. The minimum Gasteiger partial charge on any atom is -0.506 e. The van der Waals surface area contributed by atoms with Crippen molar-refractivity contribution in [2.24, 2.45) is 0 Å². The molecule has 6 nitrogen and oxygen atoms in total. The number of halogens is 3. The fourth-order valence-corrected chi connectivity index (χ4v) is 5.54. The van der Waals surface area contributed by atoms with E-state index in [4.69, 9.17) is 0 Å². The van der Waals surface area contributed by atoms with Crippen LogP contribution in [0.1, 0.15) is 69.8 Å². The van der Waals surface area contributed by atoms with Crippen molar-refractivity contribution < 1.29 is 23.1 Å². The van der Waals surface area contributed by atoms with Crippen molar-refractivity contribution in [2.75, 3.05) is 19.6 Å². The van der Waals surface area contributed by atoms with E-state index < -0.39 is 12.6 Å². The topological polar surface area (TPSA) is 85.4 Å². The van der Waals surface area contributed by atoms with Crippen molar-refractivity contribution in [3.63, 3.8) is 0 Å². The molecule has 1 heterocycles. The Hall–Kier alpha value is -2.07. The van der Waals surface area contributed by atoms with E-state index in [1.807, 2.05) is 11.0 Å². The van der Waals surface area contributed by atoms with Gasteiger partial charge in [-0.25, -0.2) is 0 Å². The lowest BCUT2D eigenvalue weighted by molar-refractivity contribution is -0.134. The molecule has 0 unspecified atom stereocenters. The van der Waals surface area contributed by atoms with Crippen LogP contribution in [0.15, 0.2) is 16.9 Å². The first kappa shape index (κ1) is 26.5. The van der Waals surface area contributed by atoms with Gasteiger partial charge in [-0.1, -0.05) is 43.1 Å². The molecule has 190 valence electrons. The second-order valence-electron chi connectivity index (χ2n) is 9.02. The van der Waals surface area contributed by atoms with Crippen molar-refractivity contribution >= 4 is 27.5 Å². The minimum atomic E-state index is -4.18. The zero-order valence-corrected chi connectivity index (χ0v) is 20.2. The number of hydrogen-bond donors (Lipinski definition) is 3. The highest BCUT2D eigenvalue weighted by Gasteiger charge is 2.27. The van der Waals surface area contributed by atoms with Crippen LogP contribution in [0.2, 0.25) is 0 Å². The summed E-state index contributed by atoms with van der Waals surface area (Å²) in [6.45, 7) is 0.754. The van der Waals surface area contributed by atoms with Crippen LogP contribution in [0.5, 0.6) is 5.75 Å². The molecule has 3 rings (SSSR count). The summed E-state index contributed by atoms with van der Waals surface area (Å²) in [5.74, 6) is 0.0929. The Balaban J connectivity index is 1.46. The number of carbonyl (C=O) groups is 1. The number of aryl methyl sites for hydroxylation is 1. The van der Waals surface area contributed by atoms with Crippen LogP contribution in [-0.2, 0) is 11.2 Å². The standard InChI is InChI=1S/C24H34F3N3O3S/c25-24(26,27)13-15-28-14-12-20(32)30(18-8-4-1-5-9-18)16-6-2-3-7-17-10-11-19(31)21-22(17)34-23(33)29-21/h10-11,18,28,31H,1-9,12-16H2,(H,29,33). The quantitative estimate of drug-likeness (QED) is 0.353. The number of rotatable bonds is 12. The molecule has 1 saturated carbocycles. The van der Waals surface area contributed by atoms with Gasteiger partial charge >= 0.3 is 11.0 Å². The average molecular weight is 502 g/mol. The van der Waals surface area contributed by atoms with E-state index in [9.17, 15) is 27.9 Å². The Morgan fingerprint density at radius 3 is 2.65 bits per heavy atom. The van der Waals surface area contributed by atoms with Crippen LogP contribution in [0.3, 0.4) is 0 Å². The van der Waals surface area contributed by atoms with E-state index in [0.29, 0.717) is 12.1 Å². The Morgan fingerprint density at radius 1 is 1.15 bits per heavy atom. The monoisotopic (exact) mass is 501 g/mol. The van der Waals surface area contributed by atoms with E-state index >= 15 is 0 Å². The fourth-order valence-electron chi connectivity index (χ4n) is 4.64. The maximum atomic E-state index is 12.9. The van der Waals surface area contributed by atoms with Crippen molar-refractivity contribution in [1.29, 1.82) is 0 Å². The molecule has 2 aromatic rings. The van der Waals surface area contributed by atoms with Crippen molar-refractivity contribution in [3.8, 4) is 5.75 Å². The maximum Gasteiger partial charge on any atom is 0.390 e. The van der Waals surface area contributed by atoms with Crippen LogP contribution in [0, 0.1) is 0 Å². The molecule has 0 atom stereocenters. The van der Waals surface area contributed by atoms with E-state index in [1.165, 1.54) is 6.42 Å². The minimum absolute atomic E-state index is 0.0174.